The quantitative estimate of drug-likeness (QED) is 0.673. The molecule has 0 saturated carbocycles. The molecule has 1 unspecified atom stereocenters. The molecule has 0 amide bonds. The van der Waals surface area contributed by atoms with Crippen molar-refractivity contribution in [1.29, 1.82) is 0 Å². The molecule has 0 radical (unpaired) electrons. The molecule has 1 aromatic rings. The highest BCUT2D eigenvalue weighted by atomic mass is 79.9. The van der Waals surface area contributed by atoms with Crippen molar-refractivity contribution in [3.05, 3.63) is 26.6 Å². The maximum Gasteiger partial charge on any atom is 0.337 e. The van der Waals surface area contributed by atoms with Crippen LogP contribution in [0.1, 0.15) is 17.3 Å². The highest BCUT2D eigenvalue weighted by Crippen LogP contribution is 2.32. The Kier molecular flexibility index (Phi) is 5.76. The van der Waals surface area contributed by atoms with E-state index in [0.717, 1.165) is 14.0 Å². The normalized spacial score (nSPS) is 12.6. The Morgan fingerprint density at radius 3 is 2.38 bits per heavy atom. The minimum absolute atomic E-state index is 0.165. The van der Waals surface area contributed by atoms with E-state index in [2.05, 4.69) is 41.3 Å². The van der Waals surface area contributed by atoms with Crippen molar-refractivity contribution >= 4 is 59.5 Å². The van der Waals surface area contributed by atoms with Gasteiger partial charge in [0.15, 0.2) is 5.25 Å². The van der Waals surface area contributed by atoms with E-state index in [1.54, 1.807) is 0 Å². The van der Waals surface area contributed by atoms with Gasteiger partial charge in [-0.15, -0.1) is 0 Å². The molecule has 1 atom stereocenters. The molecule has 1 rings (SSSR count). The summed E-state index contributed by atoms with van der Waals surface area (Å²) < 4.78 is 31.3. The molecule has 0 spiro atoms. The monoisotopic (exact) mass is 443 g/mol. The van der Waals surface area contributed by atoms with Gasteiger partial charge in [0.05, 0.1) is 18.4 Å². The molecule has 0 aromatic heterocycles. The lowest BCUT2D eigenvalue weighted by atomic mass is 10.2. The first-order chi connectivity index (χ1) is 9.60. The minimum atomic E-state index is -4.15. The predicted molar refractivity (Wildman–Crippen MR) is 82.8 cm³/mol. The number of rotatable bonds is 5. The highest BCUT2D eigenvalue weighted by Gasteiger charge is 2.30. The second-order valence-corrected chi connectivity index (χ2v) is 7.70. The summed E-state index contributed by atoms with van der Waals surface area (Å²) >= 11 is 6.20. The zero-order valence-electron chi connectivity index (χ0n) is 10.9. The smallest absolute Gasteiger partial charge is 0.337 e. The van der Waals surface area contributed by atoms with Crippen LogP contribution in [0.15, 0.2) is 21.1 Å². The molecule has 116 valence electrons. The largest absolute Gasteiger partial charge is 0.478 e. The number of sulfonamides is 1. The molecule has 0 aliphatic rings. The summed E-state index contributed by atoms with van der Waals surface area (Å²) in [7, 11) is -3.09. The first-order valence-electron chi connectivity index (χ1n) is 5.42. The Balaban J connectivity index is 3.31. The second-order valence-electron chi connectivity index (χ2n) is 3.93. The molecule has 10 heteroatoms. The van der Waals surface area contributed by atoms with Crippen LogP contribution in [-0.2, 0) is 19.6 Å². The van der Waals surface area contributed by atoms with Gasteiger partial charge in [-0.2, -0.15) is 0 Å². The van der Waals surface area contributed by atoms with Crippen LogP contribution in [0.2, 0.25) is 0 Å². The number of nitrogens with one attached hydrogen (secondary N) is 1. The standard InChI is InChI=1S/C11H11Br2NO6S/c1-5(11(17)20-2)21(18,19)14-9-7(10(15)16)3-6(12)4-8(9)13/h3-5,14H,1-2H3,(H,15,16). The second kappa shape index (κ2) is 6.75. The van der Waals surface area contributed by atoms with Gasteiger partial charge < -0.3 is 9.84 Å². The number of hydrogen-bond acceptors (Lipinski definition) is 5. The molecular formula is C11H11Br2NO6S. The van der Waals surface area contributed by atoms with Crippen molar-refractivity contribution < 1.29 is 27.9 Å². The van der Waals surface area contributed by atoms with Gasteiger partial charge in [-0.3, -0.25) is 9.52 Å². The van der Waals surface area contributed by atoms with Crippen LogP contribution in [0, 0.1) is 0 Å². The van der Waals surface area contributed by atoms with E-state index in [1.807, 2.05) is 0 Å². The van der Waals surface area contributed by atoms with Crippen molar-refractivity contribution in [3.63, 3.8) is 0 Å². The lowest BCUT2D eigenvalue weighted by Gasteiger charge is -2.16. The molecule has 0 aliphatic carbocycles. The first-order valence-corrected chi connectivity index (χ1v) is 8.55. The van der Waals surface area contributed by atoms with Gasteiger partial charge >= 0.3 is 11.9 Å². The maximum atomic E-state index is 12.1. The number of carbonyl (C=O) groups excluding carboxylic acids is 1. The van der Waals surface area contributed by atoms with E-state index in [4.69, 9.17) is 5.11 Å². The Bertz CT molecular complexity index is 688. The van der Waals surface area contributed by atoms with Gasteiger partial charge in [-0.25, -0.2) is 13.2 Å². The summed E-state index contributed by atoms with van der Waals surface area (Å²) in [4.78, 5) is 22.5. The summed E-state index contributed by atoms with van der Waals surface area (Å²) in [5.41, 5.74) is -0.432. The van der Waals surface area contributed by atoms with Crippen LogP contribution in [0.3, 0.4) is 0 Å². The third-order valence-electron chi connectivity index (χ3n) is 2.53. The maximum absolute atomic E-state index is 12.1. The van der Waals surface area contributed by atoms with Crippen LogP contribution in [0.4, 0.5) is 5.69 Å². The van der Waals surface area contributed by atoms with Gasteiger partial charge in [0.2, 0.25) is 10.0 Å². The number of carbonyl (C=O) groups is 2. The van der Waals surface area contributed by atoms with Gasteiger partial charge in [0, 0.05) is 8.95 Å². The van der Waals surface area contributed by atoms with Gasteiger partial charge in [-0.05, 0) is 35.0 Å². The molecule has 1 aromatic carbocycles. The lowest BCUT2D eigenvalue weighted by Crippen LogP contribution is -2.33. The van der Waals surface area contributed by atoms with E-state index in [9.17, 15) is 18.0 Å². The molecular weight excluding hydrogens is 434 g/mol. The summed E-state index contributed by atoms with van der Waals surface area (Å²) in [5.74, 6) is -2.27. The number of carboxylic acid groups (broad SMARTS) is 1. The minimum Gasteiger partial charge on any atom is -0.478 e. The molecule has 0 saturated heterocycles. The average Bonchev–Trinajstić information content (AvgIpc) is 2.39. The number of halogens is 2. The summed E-state index contributed by atoms with van der Waals surface area (Å²) in [6.45, 7) is 1.14. The third-order valence-corrected chi connectivity index (χ3v) is 5.22. The number of ether oxygens (including phenoxy) is 1. The van der Waals surface area contributed by atoms with E-state index in [0.29, 0.717) is 4.47 Å². The topological polar surface area (TPSA) is 110 Å². The molecule has 0 aliphatic heterocycles. The fourth-order valence-corrected chi connectivity index (χ4v) is 3.86. The van der Waals surface area contributed by atoms with E-state index >= 15 is 0 Å². The number of carboxylic acids is 1. The Labute approximate surface area is 138 Å². The SMILES string of the molecule is COC(=O)C(C)S(=O)(=O)Nc1c(Br)cc(Br)cc1C(=O)O. The zero-order chi connectivity index (χ0) is 16.4. The Morgan fingerprint density at radius 1 is 1.33 bits per heavy atom. The molecule has 7 nitrogen and oxygen atoms in total. The number of hydrogen-bond donors (Lipinski definition) is 2. The summed E-state index contributed by atoms with van der Waals surface area (Å²) in [6.07, 6.45) is 0. The van der Waals surface area contributed by atoms with Crippen molar-refractivity contribution in [2.75, 3.05) is 11.8 Å². The number of anilines is 1. The molecule has 2 N–H and O–H groups in total. The van der Waals surface area contributed by atoms with Gasteiger partial charge in [0.25, 0.3) is 0 Å². The number of methoxy groups -OCH3 is 1. The Morgan fingerprint density at radius 2 is 1.90 bits per heavy atom. The van der Waals surface area contributed by atoms with Crippen LogP contribution < -0.4 is 4.72 Å². The summed E-state index contributed by atoms with van der Waals surface area (Å²) in [6, 6.07) is 2.72. The fraction of sp³-hybridized carbons (Fsp3) is 0.273. The molecule has 21 heavy (non-hydrogen) atoms. The number of aromatic carboxylic acids is 1. The zero-order valence-corrected chi connectivity index (χ0v) is 14.9. The van der Waals surface area contributed by atoms with Crippen molar-refractivity contribution in [1.82, 2.24) is 0 Å². The van der Waals surface area contributed by atoms with Crippen LogP contribution in [0.5, 0.6) is 0 Å². The van der Waals surface area contributed by atoms with E-state index in [1.165, 1.54) is 12.1 Å². The predicted octanol–water partition coefficient (Wildman–Crippen LogP) is 2.21. The highest BCUT2D eigenvalue weighted by molar-refractivity contribution is 9.11. The van der Waals surface area contributed by atoms with Crippen LogP contribution in [0.25, 0.3) is 0 Å². The van der Waals surface area contributed by atoms with E-state index < -0.39 is 27.2 Å². The van der Waals surface area contributed by atoms with Crippen molar-refractivity contribution in [2.24, 2.45) is 0 Å². The molecule has 0 bridgehead atoms. The molecule has 0 heterocycles. The first kappa shape index (κ1) is 17.9. The number of benzene rings is 1. The lowest BCUT2D eigenvalue weighted by molar-refractivity contribution is -0.139. The van der Waals surface area contributed by atoms with E-state index in [-0.39, 0.29) is 15.7 Å². The van der Waals surface area contributed by atoms with Crippen LogP contribution >= 0.6 is 31.9 Å². The van der Waals surface area contributed by atoms with Crippen molar-refractivity contribution in [3.8, 4) is 0 Å². The summed E-state index contributed by atoms with van der Waals surface area (Å²) in [5, 5.41) is 7.65. The van der Waals surface area contributed by atoms with Gasteiger partial charge in [-0.1, -0.05) is 15.9 Å². The Hall–Kier alpha value is -1.13. The molecule has 0 fully saturated rings. The average molecular weight is 445 g/mol. The van der Waals surface area contributed by atoms with Crippen LogP contribution in [-0.4, -0.2) is 37.8 Å². The van der Waals surface area contributed by atoms with Crippen molar-refractivity contribution in [2.45, 2.75) is 12.2 Å². The number of esters is 1. The van der Waals surface area contributed by atoms with Gasteiger partial charge in [0.1, 0.15) is 0 Å². The third kappa shape index (κ3) is 4.17. The fourth-order valence-electron chi connectivity index (χ4n) is 1.37.